The number of allylic oxidation sites excluding steroid dienone is 4. The summed E-state index contributed by atoms with van der Waals surface area (Å²) < 4.78 is 0. The SMILES string of the molecule is CC1=C(C(=O)C2=C(C)C(C)(C)C(C)CC2)CCC(C)C1(C)C. The Balaban J connectivity index is 2.45. The van der Waals surface area contributed by atoms with Gasteiger partial charge in [0.2, 0.25) is 0 Å². The molecule has 1 nitrogen and oxygen atoms in total. The van der Waals surface area contributed by atoms with E-state index in [1.807, 2.05) is 0 Å². The lowest BCUT2D eigenvalue weighted by Gasteiger charge is -2.41. The monoisotopic (exact) mass is 302 g/mol. The lowest BCUT2D eigenvalue weighted by Crippen LogP contribution is -2.33. The number of ketones is 1. The van der Waals surface area contributed by atoms with Gasteiger partial charge in [-0.1, -0.05) is 52.7 Å². The quantitative estimate of drug-likeness (QED) is 0.602. The largest absolute Gasteiger partial charge is 0.289 e. The molecule has 0 aromatic rings. The topological polar surface area (TPSA) is 17.1 Å². The Labute approximate surface area is 137 Å². The van der Waals surface area contributed by atoms with Crippen LogP contribution in [0, 0.1) is 22.7 Å². The van der Waals surface area contributed by atoms with Crippen LogP contribution in [0.5, 0.6) is 0 Å². The lowest BCUT2D eigenvalue weighted by molar-refractivity contribution is -0.113. The van der Waals surface area contributed by atoms with Crippen LogP contribution in [-0.2, 0) is 4.79 Å². The molecular weight excluding hydrogens is 268 g/mol. The molecular formula is C21H34O. The average molecular weight is 303 g/mol. The van der Waals surface area contributed by atoms with Crippen molar-refractivity contribution in [2.75, 3.05) is 0 Å². The maximum Gasteiger partial charge on any atom is 0.184 e. The van der Waals surface area contributed by atoms with Gasteiger partial charge in [0, 0.05) is 0 Å². The molecule has 0 spiro atoms. The molecule has 0 aromatic heterocycles. The van der Waals surface area contributed by atoms with Crippen molar-refractivity contribution in [3.8, 4) is 0 Å². The van der Waals surface area contributed by atoms with Crippen LogP contribution >= 0.6 is 0 Å². The summed E-state index contributed by atoms with van der Waals surface area (Å²) in [7, 11) is 0. The van der Waals surface area contributed by atoms with E-state index in [0.29, 0.717) is 17.6 Å². The average Bonchev–Trinajstić information content (AvgIpc) is 2.43. The smallest absolute Gasteiger partial charge is 0.184 e. The van der Waals surface area contributed by atoms with Gasteiger partial charge in [-0.05, 0) is 73.3 Å². The molecule has 0 N–H and O–H groups in total. The summed E-state index contributed by atoms with van der Waals surface area (Å²) in [6, 6.07) is 0. The normalized spacial score (nSPS) is 31.5. The lowest BCUT2D eigenvalue weighted by atomic mass is 9.63. The van der Waals surface area contributed by atoms with Crippen LogP contribution in [0.4, 0.5) is 0 Å². The van der Waals surface area contributed by atoms with Crippen LogP contribution in [-0.4, -0.2) is 5.78 Å². The Hall–Kier alpha value is -0.850. The number of carbonyl (C=O) groups excluding carboxylic acids is 1. The predicted molar refractivity (Wildman–Crippen MR) is 94.8 cm³/mol. The predicted octanol–water partition coefficient (Wildman–Crippen LogP) is 6.10. The molecule has 0 heterocycles. The van der Waals surface area contributed by atoms with Crippen LogP contribution in [0.2, 0.25) is 0 Å². The summed E-state index contributed by atoms with van der Waals surface area (Å²) in [4.78, 5) is 13.2. The fourth-order valence-electron chi connectivity index (χ4n) is 4.09. The second kappa shape index (κ2) is 5.65. The van der Waals surface area contributed by atoms with Crippen molar-refractivity contribution >= 4 is 5.78 Å². The van der Waals surface area contributed by atoms with Crippen molar-refractivity contribution in [1.29, 1.82) is 0 Å². The van der Waals surface area contributed by atoms with E-state index < -0.39 is 0 Å². The van der Waals surface area contributed by atoms with E-state index in [0.717, 1.165) is 36.8 Å². The van der Waals surface area contributed by atoms with E-state index in [9.17, 15) is 4.79 Å². The first-order valence-corrected chi connectivity index (χ1v) is 8.96. The molecule has 0 amide bonds. The minimum absolute atomic E-state index is 0.148. The highest BCUT2D eigenvalue weighted by molar-refractivity contribution is 6.09. The van der Waals surface area contributed by atoms with Gasteiger partial charge < -0.3 is 0 Å². The molecule has 2 aliphatic carbocycles. The van der Waals surface area contributed by atoms with Gasteiger partial charge in [-0.25, -0.2) is 0 Å². The molecule has 2 rings (SSSR count). The standard InChI is InChI=1S/C21H34O/c1-13-9-11-17(15(3)20(13,5)6)19(22)18-12-10-14(2)21(7,8)16(18)4/h13-14H,9-12H2,1-8H3. The number of Topliss-reactive ketones (excluding diaryl/α,β-unsaturated/α-hetero) is 1. The second-order valence-corrected chi connectivity index (χ2v) is 8.86. The van der Waals surface area contributed by atoms with E-state index in [1.165, 1.54) is 11.1 Å². The maximum absolute atomic E-state index is 13.2. The first kappa shape index (κ1) is 17.5. The Bertz CT molecular complexity index is 494. The van der Waals surface area contributed by atoms with Gasteiger partial charge in [0.1, 0.15) is 0 Å². The second-order valence-electron chi connectivity index (χ2n) is 8.86. The van der Waals surface area contributed by atoms with E-state index in [4.69, 9.17) is 0 Å². The summed E-state index contributed by atoms with van der Waals surface area (Å²) in [6.45, 7) is 18.2. The van der Waals surface area contributed by atoms with Crippen LogP contribution in [0.15, 0.2) is 22.3 Å². The summed E-state index contributed by atoms with van der Waals surface area (Å²) in [6.07, 6.45) is 4.19. The number of hydrogen-bond donors (Lipinski definition) is 0. The molecule has 22 heavy (non-hydrogen) atoms. The molecule has 2 aliphatic rings. The fraction of sp³-hybridized carbons (Fsp3) is 0.762. The van der Waals surface area contributed by atoms with Crippen molar-refractivity contribution in [3.05, 3.63) is 22.3 Å². The molecule has 0 aliphatic heterocycles. The van der Waals surface area contributed by atoms with Gasteiger partial charge >= 0.3 is 0 Å². The molecule has 0 aromatic carbocycles. The summed E-state index contributed by atoms with van der Waals surface area (Å²) >= 11 is 0. The van der Waals surface area contributed by atoms with E-state index in [2.05, 4.69) is 55.4 Å². The Morgan fingerprint density at radius 1 is 0.818 bits per heavy atom. The van der Waals surface area contributed by atoms with Gasteiger partial charge in [0.25, 0.3) is 0 Å². The Kier molecular flexibility index (Phi) is 4.50. The van der Waals surface area contributed by atoms with Gasteiger partial charge in [-0.15, -0.1) is 0 Å². The third kappa shape index (κ3) is 2.61. The van der Waals surface area contributed by atoms with Crippen molar-refractivity contribution in [2.45, 2.75) is 81.1 Å². The Morgan fingerprint density at radius 3 is 1.45 bits per heavy atom. The van der Waals surface area contributed by atoms with E-state index in [1.54, 1.807) is 0 Å². The zero-order chi connectivity index (χ0) is 16.9. The van der Waals surface area contributed by atoms with Crippen molar-refractivity contribution in [2.24, 2.45) is 22.7 Å². The highest BCUT2D eigenvalue weighted by Crippen LogP contribution is 2.48. The minimum atomic E-state index is 0.148. The third-order valence-electron chi connectivity index (χ3n) is 7.51. The van der Waals surface area contributed by atoms with Gasteiger partial charge in [-0.2, -0.15) is 0 Å². The molecule has 2 unspecified atom stereocenters. The Morgan fingerprint density at radius 2 is 1.14 bits per heavy atom. The van der Waals surface area contributed by atoms with Crippen molar-refractivity contribution in [3.63, 3.8) is 0 Å². The zero-order valence-electron chi connectivity index (χ0n) is 15.9. The van der Waals surface area contributed by atoms with Crippen LogP contribution < -0.4 is 0 Å². The van der Waals surface area contributed by atoms with Crippen LogP contribution in [0.25, 0.3) is 0 Å². The summed E-state index contributed by atoms with van der Waals surface area (Å²) in [5.41, 5.74) is 5.18. The molecule has 0 saturated heterocycles. The highest BCUT2D eigenvalue weighted by Gasteiger charge is 2.39. The molecule has 1 heteroatoms. The van der Waals surface area contributed by atoms with E-state index in [-0.39, 0.29) is 10.8 Å². The fourth-order valence-corrected chi connectivity index (χ4v) is 4.09. The number of carbonyl (C=O) groups is 1. The van der Waals surface area contributed by atoms with Crippen LogP contribution in [0.1, 0.15) is 81.1 Å². The van der Waals surface area contributed by atoms with Crippen LogP contribution in [0.3, 0.4) is 0 Å². The van der Waals surface area contributed by atoms with Gasteiger partial charge in [0.05, 0.1) is 0 Å². The first-order chi connectivity index (χ1) is 10.0. The summed E-state index contributed by atoms with van der Waals surface area (Å²) in [5, 5.41) is 0. The number of rotatable bonds is 2. The highest BCUT2D eigenvalue weighted by atomic mass is 16.1. The van der Waals surface area contributed by atoms with Crippen molar-refractivity contribution < 1.29 is 4.79 Å². The van der Waals surface area contributed by atoms with Gasteiger partial charge in [0.15, 0.2) is 5.78 Å². The molecule has 0 radical (unpaired) electrons. The van der Waals surface area contributed by atoms with E-state index >= 15 is 0 Å². The summed E-state index contributed by atoms with van der Waals surface area (Å²) in [5.74, 6) is 1.67. The zero-order valence-corrected chi connectivity index (χ0v) is 15.9. The van der Waals surface area contributed by atoms with Crippen molar-refractivity contribution in [1.82, 2.24) is 0 Å². The molecule has 0 bridgehead atoms. The number of hydrogen-bond acceptors (Lipinski definition) is 1. The first-order valence-electron chi connectivity index (χ1n) is 8.96. The molecule has 2 atom stereocenters. The molecule has 0 fully saturated rings. The maximum atomic E-state index is 13.2. The molecule has 124 valence electrons. The minimum Gasteiger partial charge on any atom is -0.289 e. The molecule has 0 saturated carbocycles. The van der Waals surface area contributed by atoms with Gasteiger partial charge in [-0.3, -0.25) is 4.79 Å². The third-order valence-corrected chi connectivity index (χ3v) is 7.51.